The number of nitrogens with zero attached hydrogens (tertiary/aromatic N) is 4. The first-order valence-electron chi connectivity index (χ1n) is 9.36. The van der Waals surface area contributed by atoms with Gasteiger partial charge in [-0.1, -0.05) is 5.22 Å². The number of Topliss-reactive ketones (excluding diaryl/α,β-unsaturated/α-hetero) is 1. The molecule has 1 aliphatic heterocycles. The summed E-state index contributed by atoms with van der Waals surface area (Å²) in [6.07, 6.45) is 0. The molecular formula is C21H24N4O3. The van der Waals surface area contributed by atoms with E-state index in [0.29, 0.717) is 17.9 Å². The molecule has 0 radical (unpaired) electrons. The van der Waals surface area contributed by atoms with E-state index in [0.717, 1.165) is 37.4 Å². The Morgan fingerprint density at radius 2 is 1.54 bits per heavy atom. The SMILES string of the molecule is CCOC(=O)c1ccc(N=NN2CCN(c3ccc(C(C)=O)cc3)CC2)cc1. The summed E-state index contributed by atoms with van der Waals surface area (Å²) >= 11 is 0. The van der Waals surface area contributed by atoms with Crippen molar-refractivity contribution < 1.29 is 14.3 Å². The lowest BCUT2D eigenvalue weighted by Gasteiger charge is -2.33. The number of ketones is 1. The van der Waals surface area contributed by atoms with Crippen molar-refractivity contribution in [1.82, 2.24) is 5.01 Å². The number of carbonyl (C=O) groups excluding carboxylic acids is 2. The third kappa shape index (κ3) is 4.94. The lowest BCUT2D eigenvalue weighted by Crippen LogP contribution is -2.43. The van der Waals surface area contributed by atoms with Crippen molar-refractivity contribution in [1.29, 1.82) is 0 Å². The molecule has 0 N–H and O–H groups in total. The summed E-state index contributed by atoms with van der Waals surface area (Å²) in [6, 6.07) is 14.6. The molecule has 146 valence electrons. The molecule has 0 amide bonds. The molecule has 2 aromatic rings. The Balaban J connectivity index is 1.52. The second-order valence-electron chi connectivity index (χ2n) is 6.50. The van der Waals surface area contributed by atoms with Gasteiger partial charge in [0.1, 0.15) is 0 Å². The van der Waals surface area contributed by atoms with Crippen LogP contribution in [0, 0.1) is 0 Å². The molecule has 0 aliphatic carbocycles. The number of anilines is 1. The van der Waals surface area contributed by atoms with Crippen molar-refractivity contribution in [2.24, 2.45) is 10.3 Å². The van der Waals surface area contributed by atoms with Gasteiger partial charge in [0.2, 0.25) is 0 Å². The zero-order valence-corrected chi connectivity index (χ0v) is 16.2. The fourth-order valence-electron chi connectivity index (χ4n) is 2.94. The van der Waals surface area contributed by atoms with E-state index < -0.39 is 0 Å². The summed E-state index contributed by atoms with van der Waals surface area (Å²) in [6.45, 7) is 6.90. The topological polar surface area (TPSA) is 74.6 Å². The van der Waals surface area contributed by atoms with Crippen molar-refractivity contribution in [3.05, 3.63) is 59.7 Å². The highest BCUT2D eigenvalue weighted by Crippen LogP contribution is 2.19. The van der Waals surface area contributed by atoms with Gasteiger partial charge in [-0.3, -0.25) is 9.80 Å². The normalized spacial score (nSPS) is 14.4. The average molecular weight is 380 g/mol. The van der Waals surface area contributed by atoms with E-state index in [1.807, 2.05) is 29.3 Å². The summed E-state index contributed by atoms with van der Waals surface area (Å²) in [5.41, 5.74) is 3.03. The molecule has 0 bridgehead atoms. The molecule has 3 rings (SSSR count). The third-order valence-electron chi connectivity index (χ3n) is 4.56. The fourth-order valence-corrected chi connectivity index (χ4v) is 2.94. The van der Waals surface area contributed by atoms with Gasteiger partial charge in [0.15, 0.2) is 5.78 Å². The molecule has 0 saturated carbocycles. The highest BCUT2D eigenvalue weighted by molar-refractivity contribution is 5.94. The Bertz CT molecular complexity index is 839. The number of benzene rings is 2. The van der Waals surface area contributed by atoms with Gasteiger partial charge >= 0.3 is 5.97 Å². The highest BCUT2D eigenvalue weighted by Gasteiger charge is 2.16. The van der Waals surface area contributed by atoms with Crippen LogP contribution in [-0.4, -0.2) is 49.5 Å². The van der Waals surface area contributed by atoms with Crippen LogP contribution in [0.1, 0.15) is 34.6 Å². The number of carbonyl (C=O) groups is 2. The first kappa shape index (κ1) is 19.5. The van der Waals surface area contributed by atoms with Crippen LogP contribution >= 0.6 is 0 Å². The summed E-state index contributed by atoms with van der Waals surface area (Å²) in [5.74, 6) is -0.259. The highest BCUT2D eigenvalue weighted by atomic mass is 16.5. The van der Waals surface area contributed by atoms with Gasteiger partial charge in [-0.05, 0) is 62.4 Å². The lowest BCUT2D eigenvalue weighted by atomic mass is 10.1. The molecule has 0 spiro atoms. The predicted molar refractivity (Wildman–Crippen MR) is 107 cm³/mol. The molecule has 1 aliphatic rings. The summed E-state index contributed by atoms with van der Waals surface area (Å²) in [7, 11) is 0. The molecule has 1 saturated heterocycles. The molecule has 0 unspecified atom stereocenters. The zero-order chi connectivity index (χ0) is 19.9. The summed E-state index contributed by atoms with van der Waals surface area (Å²) < 4.78 is 4.97. The maximum absolute atomic E-state index is 11.7. The zero-order valence-electron chi connectivity index (χ0n) is 16.2. The van der Waals surface area contributed by atoms with E-state index in [9.17, 15) is 9.59 Å². The predicted octanol–water partition coefficient (Wildman–Crippen LogP) is 3.89. The summed E-state index contributed by atoms with van der Waals surface area (Å²) in [4.78, 5) is 25.3. The summed E-state index contributed by atoms with van der Waals surface area (Å²) in [5, 5.41) is 10.5. The van der Waals surface area contributed by atoms with Gasteiger partial charge in [0, 0.05) is 24.3 Å². The maximum Gasteiger partial charge on any atom is 0.338 e. The minimum absolute atomic E-state index is 0.0760. The molecule has 28 heavy (non-hydrogen) atoms. The Labute approximate surface area is 164 Å². The van der Waals surface area contributed by atoms with E-state index in [-0.39, 0.29) is 11.8 Å². The third-order valence-corrected chi connectivity index (χ3v) is 4.56. The number of rotatable bonds is 6. The van der Waals surface area contributed by atoms with Gasteiger partial charge in [-0.2, -0.15) is 0 Å². The molecule has 7 heteroatoms. The largest absolute Gasteiger partial charge is 0.462 e. The van der Waals surface area contributed by atoms with E-state index in [1.54, 1.807) is 38.1 Å². The minimum Gasteiger partial charge on any atom is -0.462 e. The molecule has 0 atom stereocenters. The van der Waals surface area contributed by atoms with Crippen molar-refractivity contribution in [2.45, 2.75) is 13.8 Å². The number of ether oxygens (including phenoxy) is 1. The Morgan fingerprint density at radius 3 is 2.11 bits per heavy atom. The quantitative estimate of drug-likeness (QED) is 0.432. The van der Waals surface area contributed by atoms with Crippen LogP contribution in [0.3, 0.4) is 0 Å². The van der Waals surface area contributed by atoms with Crippen LogP contribution < -0.4 is 4.90 Å². The lowest BCUT2D eigenvalue weighted by molar-refractivity contribution is 0.0526. The molecule has 1 heterocycles. The first-order valence-corrected chi connectivity index (χ1v) is 9.36. The van der Waals surface area contributed by atoms with Crippen LogP contribution in [0.4, 0.5) is 11.4 Å². The van der Waals surface area contributed by atoms with Crippen LogP contribution in [0.5, 0.6) is 0 Å². The molecule has 0 aromatic heterocycles. The average Bonchev–Trinajstić information content (AvgIpc) is 2.73. The second kappa shape index (κ2) is 9.12. The van der Waals surface area contributed by atoms with Crippen molar-refractivity contribution in [2.75, 3.05) is 37.7 Å². The maximum atomic E-state index is 11.7. The van der Waals surface area contributed by atoms with Crippen LogP contribution in [0.15, 0.2) is 58.9 Å². The molecule has 7 nitrogen and oxygen atoms in total. The van der Waals surface area contributed by atoms with Gasteiger partial charge < -0.3 is 9.64 Å². The smallest absolute Gasteiger partial charge is 0.338 e. The number of hydrogen-bond donors (Lipinski definition) is 0. The van der Waals surface area contributed by atoms with Crippen molar-refractivity contribution in [3.8, 4) is 0 Å². The van der Waals surface area contributed by atoms with Crippen LogP contribution in [0.2, 0.25) is 0 Å². The number of esters is 1. The Morgan fingerprint density at radius 1 is 0.929 bits per heavy atom. The number of piperazine rings is 1. The monoisotopic (exact) mass is 380 g/mol. The molecule has 2 aromatic carbocycles. The fraction of sp³-hybridized carbons (Fsp3) is 0.333. The van der Waals surface area contributed by atoms with E-state index in [2.05, 4.69) is 15.2 Å². The van der Waals surface area contributed by atoms with Gasteiger partial charge in [0.05, 0.1) is 30.9 Å². The van der Waals surface area contributed by atoms with E-state index in [4.69, 9.17) is 4.74 Å². The Kier molecular flexibility index (Phi) is 6.37. The van der Waals surface area contributed by atoms with Crippen LogP contribution in [0.25, 0.3) is 0 Å². The van der Waals surface area contributed by atoms with Gasteiger partial charge in [0.25, 0.3) is 0 Å². The van der Waals surface area contributed by atoms with Crippen LogP contribution in [-0.2, 0) is 4.74 Å². The minimum atomic E-state index is -0.335. The Hall–Kier alpha value is -3.22. The van der Waals surface area contributed by atoms with E-state index in [1.165, 1.54) is 0 Å². The molecular weight excluding hydrogens is 356 g/mol. The number of hydrogen-bond acceptors (Lipinski definition) is 6. The second-order valence-corrected chi connectivity index (χ2v) is 6.50. The van der Waals surface area contributed by atoms with E-state index >= 15 is 0 Å². The first-order chi connectivity index (χ1) is 13.6. The van der Waals surface area contributed by atoms with Gasteiger partial charge in [-0.25, -0.2) is 4.79 Å². The van der Waals surface area contributed by atoms with Crippen molar-refractivity contribution in [3.63, 3.8) is 0 Å². The van der Waals surface area contributed by atoms with Crippen molar-refractivity contribution >= 4 is 23.1 Å². The molecule has 1 fully saturated rings. The standard InChI is InChI=1S/C21H24N4O3/c1-3-28-21(27)18-4-8-19(9-5-18)22-23-25-14-12-24(13-15-25)20-10-6-17(7-11-20)16(2)26/h4-11H,3,12-15H2,1-2H3. The van der Waals surface area contributed by atoms with Gasteiger partial charge in [-0.15, -0.1) is 5.11 Å².